The highest BCUT2D eigenvalue weighted by Gasteiger charge is 2.17. The molecule has 0 fully saturated rings. The second-order valence-corrected chi connectivity index (χ2v) is 8.02. The van der Waals surface area contributed by atoms with E-state index in [0.717, 1.165) is 64.2 Å². The molecule has 0 saturated carbocycles. The summed E-state index contributed by atoms with van der Waals surface area (Å²) in [5.41, 5.74) is 0. The Morgan fingerprint density at radius 3 is 2.10 bits per heavy atom. The van der Waals surface area contributed by atoms with Crippen LogP contribution in [0.3, 0.4) is 0 Å². The minimum Gasteiger partial charge on any atom is -0.394 e. The highest BCUT2D eigenvalue weighted by atomic mass is 16.3. The Labute approximate surface area is 191 Å². The van der Waals surface area contributed by atoms with E-state index in [1.54, 1.807) is 6.08 Å². The molecule has 2 atom stereocenters. The molecule has 0 aromatic rings. The number of carbonyl (C=O) groups excluding carboxylic acids is 1. The monoisotopic (exact) mass is 433 g/mol. The first-order chi connectivity index (χ1) is 15.2. The van der Waals surface area contributed by atoms with E-state index in [1.807, 2.05) is 6.08 Å². The average molecular weight is 434 g/mol. The van der Waals surface area contributed by atoms with Crippen LogP contribution in [0.4, 0.5) is 0 Å². The van der Waals surface area contributed by atoms with E-state index in [9.17, 15) is 15.0 Å². The van der Waals surface area contributed by atoms with Gasteiger partial charge in [-0.05, 0) is 44.9 Å². The summed E-state index contributed by atoms with van der Waals surface area (Å²) in [5, 5.41) is 22.3. The SMILES string of the molecule is CC/C=C\C/C=C\C/C=C\CCCCCCCC(=O)NC(CO)C(O)/C=C/CCCC. The highest BCUT2D eigenvalue weighted by Crippen LogP contribution is 2.08. The van der Waals surface area contributed by atoms with Gasteiger partial charge in [0, 0.05) is 6.42 Å². The Hall–Kier alpha value is -1.65. The van der Waals surface area contributed by atoms with Crippen LogP contribution in [0.1, 0.15) is 97.3 Å². The van der Waals surface area contributed by atoms with Gasteiger partial charge in [0.1, 0.15) is 0 Å². The molecule has 0 aliphatic carbocycles. The van der Waals surface area contributed by atoms with Gasteiger partial charge in [-0.25, -0.2) is 0 Å². The molecule has 0 aromatic carbocycles. The molecule has 0 radical (unpaired) electrons. The van der Waals surface area contributed by atoms with Gasteiger partial charge in [0.15, 0.2) is 0 Å². The molecule has 0 bridgehead atoms. The highest BCUT2D eigenvalue weighted by molar-refractivity contribution is 5.76. The van der Waals surface area contributed by atoms with Gasteiger partial charge >= 0.3 is 0 Å². The predicted molar refractivity (Wildman–Crippen MR) is 133 cm³/mol. The van der Waals surface area contributed by atoms with E-state index in [1.165, 1.54) is 12.8 Å². The number of aliphatic hydroxyl groups excluding tert-OH is 2. The van der Waals surface area contributed by atoms with Crippen LogP contribution < -0.4 is 5.32 Å². The molecule has 0 heterocycles. The minimum atomic E-state index is -0.841. The summed E-state index contributed by atoms with van der Waals surface area (Å²) >= 11 is 0. The summed E-state index contributed by atoms with van der Waals surface area (Å²) < 4.78 is 0. The van der Waals surface area contributed by atoms with Crippen LogP contribution in [0.2, 0.25) is 0 Å². The summed E-state index contributed by atoms with van der Waals surface area (Å²) in [7, 11) is 0. The molecule has 4 nitrogen and oxygen atoms in total. The third kappa shape index (κ3) is 20.0. The molecule has 178 valence electrons. The quantitative estimate of drug-likeness (QED) is 0.159. The van der Waals surface area contributed by atoms with Crippen molar-refractivity contribution in [2.75, 3.05) is 6.61 Å². The fourth-order valence-electron chi connectivity index (χ4n) is 3.11. The first kappa shape index (κ1) is 29.4. The van der Waals surface area contributed by atoms with E-state index in [-0.39, 0.29) is 12.5 Å². The number of hydrogen-bond donors (Lipinski definition) is 3. The molecular formula is C27H47NO3. The molecule has 31 heavy (non-hydrogen) atoms. The van der Waals surface area contributed by atoms with Crippen molar-refractivity contribution in [3.8, 4) is 0 Å². The topological polar surface area (TPSA) is 69.6 Å². The van der Waals surface area contributed by atoms with Crippen molar-refractivity contribution in [3.05, 3.63) is 48.6 Å². The van der Waals surface area contributed by atoms with Crippen LogP contribution in [-0.2, 0) is 4.79 Å². The number of carbonyl (C=O) groups is 1. The summed E-state index contributed by atoms with van der Waals surface area (Å²) in [4.78, 5) is 12.1. The van der Waals surface area contributed by atoms with Gasteiger partial charge in [-0.1, -0.05) is 94.6 Å². The summed E-state index contributed by atoms with van der Waals surface area (Å²) in [5.74, 6) is -0.0961. The second-order valence-electron chi connectivity index (χ2n) is 8.02. The molecule has 2 unspecified atom stereocenters. The smallest absolute Gasteiger partial charge is 0.220 e. The minimum absolute atomic E-state index is 0.0961. The van der Waals surface area contributed by atoms with Gasteiger partial charge in [-0.3, -0.25) is 4.79 Å². The van der Waals surface area contributed by atoms with E-state index in [2.05, 4.69) is 55.6 Å². The van der Waals surface area contributed by atoms with Gasteiger partial charge in [-0.15, -0.1) is 0 Å². The second kappa shape index (κ2) is 23.0. The molecule has 0 saturated heterocycles. The Kier molecular flexibility index (Phi) is 21.8. The average Bonchev–Trinajstić information content (AvgIpc) is 2.77. The van der Waals surface area contributed by atoms with Gasteiger partial charge in [0.25, 0.3) is 0 Å². The molecule has 0 aliphatic rings. The van der Waals surface area contributed by atoms with Crippen LogP contribution in [-0.4, -0.2) is 34.9 Å². The fourth-order valence-corrected chi connectivity index (χ4v) is 3.11. The lowest BCUT2D eigenvalue weighted by molar-refractivity contribution is -0.123. The molecule has 0 spiro atoms. The van der Waals surface area contributed by atoms with Crippen molar-refractivity contribution in [2.45, 2.75) is 109 Å². The Morgan fingerprint density at radius 1 is 0.806 bits per heavy atom. The van der Waals surface area contributed by atoms with Gasteiger partial charge in [0.05, 0.1) is 18.8 Å². The molecule has 0 aromatic heterocycles. The third-order valence-electron chi connectivity index (χ3n) is 5.07. The van der Waals surface area contributed by atoms with Crippen LogP contribution in [0.5, 0.6) is 0 Å². The molecular weight excluding hydrogens is 386 g/mol. The summed E-state index contributed by atoms with van der Waals surface area (Å²) in [6.45, 7) is 4.01. The number of amides is 1. The van der Waals surface area contributed by atoms with Crippen LogP contribution in [0.15, 0.2) is 48.6 Å². The Balaban J connectivity index is 3.70. The lowest BCUT2D eigenvalue weighted by Crippen LogP contribution is -2.45. The van der Waals surface area contributed by atoms with Gasteiger partial charge in [0.2, 0.25) is 5.91 Å². The lowest BCUT2D eigenvalue weighted by Gasteiger charge is -2.19. The maximum atomic E-state index is 12.1. The van der Waals surface area contributed by atoms with Gasteiger partial charge < -0.3 is 15.5 Å². The number of unbranched alkanes of at least 4 members (excludes halogenated alkanes) is 7. The Bertz CT molecular complexity index is 523. The van der Waals surface area contributed by atoms with Gasteiger partial charge in [-0.2, -0.15) is 0 Å². The van der Waals surface area contributed by atoms with Crippen molar-refractivity contribution in [2.24, 2.45) is 0 Å². The van der Waals surface area contributed by atoms with Crippen molar-refractivity contribution in [3.63, 3.8) is 0 Å². The Morgan fingerprint density at radius 2 is 1.42 bits per heavy atom. The molecule has 3 N–H and O–H groups in total. The largest absolute Gasteiger partial charge is 0.394 e. The predicted octanol–water partition coefficient (Wildman–Crippen LogP) is 6.16. The standard InChI is InChI=1S/C27H47NO3/c1-3-5-7-9-10-11-12-13-14-15-16-17-18-19-21-23-27(31)28-25(24-29)26(30)22-20-8-6-4-2/h5,7,10-11,13-14,20,22,25-26,29-30H,3-4,6,8-9,12,15-19,21,23-24H2,1-2H3,(H,28,31)/b7-5-,11-10-,14-13-,22-20+. The molecule has 0 aliphatic heterocycles. The zero-order valence-electron chi connectivity index (χ0n) is 20.0. The maximum absolute atomic E-state index is 12.1. The summed E-state index contributed by atoms with van der Waals surface area (Å²) in [6, 6.07) is -0.625. The lowest BCUT2D eigenvalue weighted by atomic mass is 10.1. The van der Waals surface area contributed by atoms with Crippen molar-refractivity contribution >= 4 is 5.91 Å². The van der Waals surface area contributed by atoms with E-state index in [0.29, 0.717) is 6.42 Å². The maximum Gasteiger partial charge on any atom is 0.220 e. The first-order valence-corrected chi connectivity index (χ1v) is 12.4. The normalized spacial score (nSPS) is 14.3. The van der Waals surface area contributed by atoms with Crippen LogP contribution in [0, 0.1) is 0 Å². The van der Waals surface area contributed by atoms with Crippen molar-refractivity contribution < 1.29 is 15.0 Å². The molecule has 4 heteroatoms. The number of aliphatic hydroxyl groups is 2. The van der Waals surface area contributed by atoms with E-state index >= 15 is 0 Å². The van der Waals surface area contributed by atoms with Crippen LogP contribution >= 0.6 is 0 Å². The zero-order valence-corrected chi connectivity index (χ0v) is 20.0. The number of hydrogen-bond acceptors (Lipinski definition) is 3. The summed E-state index contributed by atoms with van der Waals surface area (Å²) in [6.07, 6.45) is 29.2. The number of allylic oxidation sites excluding steroid dienone is 7. The molecule has 0 rings (SSSR count). The van der Waals surface area contributed by atoms with E-state index < -0.39 is 12.1 Å². The molecule has 1 amide bonds. The van der Waals surface area contributed by atoms with Crippen LogP contribution in [0.25, 0.3) is 0 Å². The first-order valence-electron chi connectivity index (χ1n) is 12.4. The van der Waals surface area contributed by atoms with E-state index in [4.69, 9.17) is 0 Å². The zero-order chi connectivity index (χ0) is 23.0. The number of nitrogens with one attached hydrogen (secondary N) is 1. The van der Waals surface area contributed by atoms with Crippen molar-refractivity contribution in [1.29, 1.82) is 0 Å². The third-order valence-corrected chi connectivity index (χ3v) is 5.07. The number of rotatable bonds is 20. The van der Waals surface area contributed by atoms with Crippen molar-refractivity contribution in [1.82, 2.24) is 5.32 Å². The fraction of sp³-hybridized carbons (Fsp3) is 0.667.